The lowest BCUT2D eigenvalue weighted by molar-refractivity contribution is -0.122. The van der Waals surface area contributed by atoms with Gasteiger partial charge in [0.1, 0.15) is 0 Å². The third-order valence-corrected chi connectivity index (χ3v) is 3.82. The summed E-state index contributed by atoms with van der Waals surface area (Å²) in [5, 5.41) is 6.45. The van der Waals surface area contributed by atoms with Crippen molar-refractivity contribution in [3.05, 3.63) is 0 Å². The van der Waals surface area contributed by atoms with Gasteiger partial charge in [0.25, 0.3) is 0 Å². The molecule has 0 radical (unpaired) electrons. The first-order valence-corrected chi connectivity index (χ1v) is 7.90. The van der Waals surface area contributed by atoms with Gasteiger partial charge in [-0.1, -0.05) is 20.3 Å². The fraction of sp³-hybridized carbons (Fsp3) is 0.933. The van der Waals surface area contributed by atoms with E-state index in [0.29, 0.717) is 12.5 Å². The summed E-state index contributed by atoms with van der Waals surface area (Å²) in [6.45, 7) is 10.8. The Morgan fingerprint density at radius 2 is 2.00 bits per heavy atom. The number of carbonyl (C=O) groups is 1. The quantitative estimate of drug-likeness (QED) is 0.706. The van der Waals surface area contributed by atoms with Crippen LogP contribution in [-0.2, 0) is 4.79 Å². The van der Waals surface area contributed by atoms with E-state index in [1.807, 2.05) is 0 Å². The molecule has 1 rings (SSSR count). The van der Waals surface area contributed by atoms with Crippen molar-refractivity contribution in [1.29, 1.82) is 0 Å². The number of likely N-dealkylation sites (tertiary alicyclic amines) is 1. The molecule has 0 aromatic heterocycles. The zero-order valence-electron chi connectivity index (χ0n) is 12.9. The van der Waals surface area contributed by atoms with Crippen LogP contribution in [0.15, 0.2) is 0 Å². The minimum absolute atomic E-state index is 0.195. The first-order valence-electron chi connectivity index (χ1n) is 7.90. The normalized spacial score (nSPS) is 19.3. The average molecular weight is 269 g/mol. The Labute approximate surface area is 118 Å². The molecule has 0 spiro atoms. The van der Waals surface area contributed by atoms with Gasteiger partial charge in [-0.3, -0.25) is 4.79 Å². The molecule has 1 saturated heterocycles. The highest BCUT2D eigenvalue weighted by molar-refractivity contribution is 5.76. The second-order valence-electron chi connectivity index (χ2n) is 5.70. The molecule has 0 aromatic rings. The van der Waals surface area contributed by atoms with Crippen LogP contribution in [0.5, 0.6) is 0 Å². The van der Waals surface area contributed by atoms with Crippen LogP contribution in [0.4, 0.5) is 0 Å². The second kappa shape index (κ2) is 9.32. The minimum atomic E-state index is 0.195. The monoisotopic (exact) mass is 269 g/mol. The van der Waals surface area contributed by atoms with Gasteiger partial charge in [-0.15, -0.1) is 0 Å². The summed E-state index contributed by atoms with van der Waals surface area (Å²) < 4.78 is 0. The Morgan fingerprint density at radius 3 is 2.58 bits per heavy atom. The van der Waals surface area contributed by atoms with Crippen LogP contribution in [0.2, 0.25) is 0 Å². The molecule has 1 aliphatic heterocycles. The van der Waals surface area contributed by atoms with Crippen LogP contribution >= 0.6 is 0 Å². The molecule has 1 atom stereocenters. The molecule has 112 valence electrons. The van der Waals surface area contributed by atoms with Crippen LogP contribution in [0.1, 0.15) is 52.9 Å². The maximum absolute atomic E-state index is 11.9. The van der Waals surface area contributed by atoms with Gasteiger partial charge in [0.2, 0.25) is 5.91 Å². The second-order valence-corrected chi connectivity index (χ2v) is 5.70. The topological polar surface area (TPSA) is 44.4 Å². The summed E-state index contributed by atoms with van der Waals surface area (Å²) in [6, 6.07) is 0.661. The predicted octanol–water partition coefficient (Wildman–Crippen LogP) is 1.76. The van der Waals surface area contributed by atoms with Crippen molar-refractivity contribution in [2.24, 2.45) is 0 Å². The van der Waals surface area contributed by atoms with Crippen LogP contribution in [0, 0.1) is 0 Å². The van der Waals surface area contributed by atoms with E-state index in [-0.39, 0.29) is 11.9 Å². The Morgan fingerprint density at radius 1 is 1.32 bits per heavy atom. The van der Waals surface area contributed by atoms with E-state index in [4.69, 9.17) is 0 Å². The smallest absolute Gasteiger partial charge is 0.221 e. The van der Waals surface area contributed by atoms with E-state index < -0.39 is 0 Å². The van der Waals surface area contributed by atoms with E-state index in [1.54, 1.807) is 0 Å². The molecule has 0 aliphatic carbocycles. The number of nitrogens with zero attached hydrogens (tertiary/aromatic N) is 1. The maximum atomic E-state index is 11.9. The van der Waals surface area contributed by atoms with Crippen LogP contribution in [0.25, 0.3) is 0 Å². The Hall–Kier alpha value is -0.610. The molecule has 1 amide bonds. The van der Waals surface area contributed by atoms with Crippen molar-refractivity contribution in [3.8, 4) is 0 Å². The van der Waals surface area contributed by atoms with Gasteiger partial charge in [0.15, 0.2) is 0 Å². The highest BCUT2D eigenvalue weighted by Gasteiger charge is 2.20. The summed E-state index contributed by atoms with van der Waals surface area (Å²) in [5.74, 6) is 0.195. The van der Waals surface area contributed by atoms with E-state index in [0.717, 1.165) is 32.5 Å². The number of piperidine rings is 1. The lowest BCUT2D eigenvalue weighted by Gasteiger charge is -2.32. The predicted molar refractivity (Wildman–Crippen MR) is 80.3 cm³/mol. The number of unbranched alkanes of at least 4 members (excludes halogenated alkanes) is 1. The van der Waals surface area contributed by atoms with Gasteiger partial charge in [-0.2, -0.15) is 0 Å². The number of rotatable bonds is 8. The molecule has 2 N–H and O–H groups in total. The molecular weight excluding hydrogens is 238 g/mol. The van der Waals surface area contributed by atoms with Crippen molar-refractivity contribution >= 4 is 5.91 Å². The van der Waals surface area contributed by atoms with Gasteiger partial charge in [0.05, 0.1) is 0 Å². The molecular formula is C15H31N3O. The van der Waals surface area contributed by atoms with Gasteiger partial charge in [0, 0.05) is 31.6 Å². The number of hydrogen-bond acceptors (Lipinski definition) is 3. The summed E-state index contributed by atoms with van der Waals surface area (Å²) in [6.07, 6.45) is 5.34. The van der Waals surface area contributed by atoms with Crippen LogP contribution in [0.3, 0.4) is 0 Å². The highest BCUT2D eigenvalue weighted by atomic mass is 16.1. The molecule has 19 heavy (non-hydrogen) atoms. The molecule has 1 unspecified atom stereocenters. The van der Waals surface area contributed by atoms with Crippen molar-refractivity contribution in [1.82, 2.24) is 15.5 Å². The zero-order chi connectivity index (χ0) is 14.1. The SMILES string of the molecule is CCCCN1CCC(NC(=O)CC(C)NCC)CC1. The summed E-state index contributed by atoms with van der Waals surface area (Å²) in [7, 11) is 0. The molecule has 0 saturated carbocycles. The molecule has 0 aromatic carbocycles. The van der Waals surface area contributed by atoms with Crippen LogP contribution < -0.4 is 10.6 Å². The molecule has 4 nitrogen and oxygen atoms in total. The Bertz CT molecular complexity index is 250. The van der Waals surface area contributed by atoms with Gasteiger partial charge < -0.3 is 15.5 Å². The van der Waals surface area contributed by atoms with Gasteiger partial charge >= 0.3 is 0 Å². The number of carbonyl (C=O) groups excluding carboxylic acids is 1. The Balaban J connectivity index is 2.16. The van der Waals surface area contributed by atoms with Crippen molar-refractivity contribution in [2.75, 3.05) is 26.2 Å². The van der Waals surface area contributed by atoms with Gasteiger partial charge in [-0.05, 0) is 39.3 Å². The van der Waals surface area contributed by atoms with E-state index in [9.17, 15) is 4.79 Å². The van der Waals surface area contributed by atoms with E-state index in [2.05, 4.69) is 36.3 Å². The largest absolute Gasteiger partial charge is 0.353 e. The van der Waals surface area contributed by atoms with Crippen molar-refractivity contribution in [2.45, 2.75) is 65.0 Å². The standard InChI is InChI=1S/C15H31N3O/c1-4-6-9-18-10-7-14(8-11-18)17-15(19)12-13(3)16-5-2/h13-14,16H,4-12H2,1-3H3,(H,17,19). The van der Waals surface area contributed by atoms with Crippen LogP contribution in [-0.4, -0.2) is 49.1 Å². The molecule has 1 fully saturated rings. The highest BCUT2D eigenvalue weighted by Crippen LogP contribution is 2.11. The maximum Gasteiger partial charge on any atom is 0.221 e. The number of amides is 1. The third-order valence-electron chi connectivity index (χ3n) is 3.82. The fourth-order valence-electron chi connectivity index (χ4n) is 2.67. The first kappa shape index (κ1) is 16.4. The first-order chi connectivity index (χ1) is 9.15. The number of nitrogens with one attached hydrogen (secondary N) is 2. The average Bonchev–Trinajstić information content (AvgIpc) is 2.38. The fourth-order valence-corrected chi connectivity index (χ4v) is 2.67. The minimum Gasteiger partial charge on any atom is -0.353 e. The Kier molecular flexibility index (Phi) is 8.07. The molecule has 1 aliphatic rings. The van der Waals surface area contributed by atoms with Crippen molar-refractivity contribution < 1.29 is 4.79 Å². The van der Waals surface area contributed by atoms with Gasteiger partial charge in [-0.25, -0.2) is 0 Å². The van der Waals surface area contributed by atoms with Crippen molar-refractivity contribution in [3.63, 3.8) is 0 Å². The summed E-state index contributed by atoms with van der Waals surface area (Å²) >= 11 is 0. The lowest BCUT2D eigenvalue weighted by Crippen LogP contribution is -2.46. The summed E-state index contributed by atoms with van der Waals surface area (Å²) in [4.78, 5) is 14.4. The van der Waals surface area contributed by atoms with E-state index in [1.165, 1.54) is 19.4 Å². The molecule has 4 heteroatoms. The van der Waals surface area contributed by atoms with E-state index >= 15 is 0 Å². The molecule has 1 heterocycles. The summed E-state index contributed by atoms with van der Waals surface area (Å²) in [5.41, 5.74) is 0. The lowest BCUT2D eigenvalue weighted by atomic mass is 10.0. The molecule has 0 bridgehead atoms. The third kappa shape index (κ3) is 6.92. The zero-order valence-corrected chi connectivity index (χ0v) is 12.9. The number of hydrogen-bond donors (Lipinski definition) is 2.